The van der Waals surface area contributed by atoms with Crippen molar-refractivity contribution in [1.82, 2.24) is 14.5 Å². The summed E-state index contributed by atoms with van der Waals surface area (Å²) in [6, 6.07) is 19.4. The number of halogens is 1. The van der Waals surface area contributed by atoms with E-state index in [0.717, 1.165) is 19.7 Å². The number of rotatable bonds is 12. The summed E-state index contributed by atoms with van der Waals surface area (Å²) >= 11 is 0. The first-order valence-corrected chi connectivity index (χ1v) is 14.5. The van der Waals surface area contributed by atoms with Crippen LogP contribution in [0.2, 0.25) is 0 Å². The van der Waals surface area contributed by atoms with Gasteiger partial charge in [0.15, 0.2) is 0 Å². The van der Waals surface area contributed by atoms with Crippen molar-refractivity contribution in [2.45, 2.75) is 39.8 Å². The molecule has 40 heavy (non-hydrogen) atoms. The van der Waals surface area contributed by atoms with E-state index in [-0.39, 0.29) is 18.9 Å². The molecule has 1 unspecified atom stereocenters. The molecule has 3 aromatic carbocycles. The molecule has 0 aliphatic rings. The average molecular weight is 569 g/mol. The van der Waals surface area contributed by atoms with Crippen molar-refractivity contribution in [3.8, 4) is 0 Å². The van der Waals surface area contributed by atoms with Crippen molar-refractivity contribution < 1.29 is 22.4 Å². The number of anilines is 1. The van der Waals surface area contributed by atoms with E-state index in [1.54, 1.807) is 38.1 Å². The smallest absolute Gasteiger partial charge is 0.304 e. The standard InChI is InChI=1S/C30H37FN4O4S/c1-6-32-30(37)28(19-24-10-8-7-9-11-24)34(20-25-14-16-26(31)17-15-25)29(36)21-35(40(38,39)33(4)5)27-18-22(2)12-13-23(27)3/h7-18,28H,6,19-21H2,1-5H3,(H,32,37). The fourth-order valence-corrected chi connectivity index (χ4v) is 5.44. The second-order valence-electron chi connectivity index (χ2n) is 9.83. The maximum absolute atomic E-state index is 14.2. The van der Waals surface area contributed by atoms with E-state index in [9.17, 15) is 22.4 Å². The van der Waals surface area contributed by atoms with Crippen molar-refractivity contribution in [3.05, 3.63) is 101 Å². The zero-order valence-electron chi connectivity index (χ0n) is 23.6. The highest BCUT2D eigenvalue weighted by atomic mass is 32.2. The van der Waals surface area contributed by atoms with E-state index < -0.39 is 34.5 Å². The SMILES string of the molecule is CCNC(=O)C(Cc1ccccc1)N(Cc1ccc(F)cc1)C(=O)CN(c1cc(C)ccc1C)S(=O)(=O)N(C)C. The van der Waals surface area contributed by atoms with Gasteiger partial charge in [0.2, 0.25) is 11.8 Å². The number of amides is 2. The van der Waals surface area contributed by atoms with Crippen LogP contribution in [-0.4, -0.2) is 62.7 Å². The van der Waals surface area contributed by atoms with Crippen LogP contribution in [-0.2, 0) is 32.8 Å². The van der Waals surface area contributed by atoms with E-state index in [0.29, 0.717) is 23.4 Å². The van der Waals surface area contributed by atoms with Crippen LogP contribution in [0, 0.1) is 19.7 Å². The molecule has 3 aromatic rings. The Balaban J connectivity index is 2.11. The number of likely N-dealkylation sites (N-methyl/N-ethyl adjacent to an activating group) is 1. The summed E-state index contributed by atoms with van der Waals surface area (Å²) in [4.78, 5) is 28.9. The largest absolute Gasteiger partial charge is 0.355 e. The van der Waals surface area contributed by atoms with Gasteiger partial charge in [-0.15, -0.1) is 0 Å². The predicted molar refractivity (Wildman–Crippen MR) is 155 cm³/mol. The second kappa shape index (κ2) is 13.5. The van der Waals surface area contributed by atoms with Crippen LogP contribution in [0.1, 0.15) is 29.2 Å². The Morgan fingerprint density at radius 3 is 2.17 bits per heavy atom. The number of aryl methyl sites for hydroxylation is 2. The first-order valence-electron chi connectivity index (χ1n) is 13.1. The van der Waals surface area contributed by atoms with E-state index in [1.807, 2.05) is 43.3 Å². The molecule has 214 valence electrons. The molecule has 0 aliphatic heterocycles. The molecule has 0 aromatic heterocycles. The first-order chi connectivity index (χ1) is 18.9. The molecule has 1 atom stereocenters. The van der Waals surface area contributed by atoms with Gasteiger partial charge in [-0.05, 0) is 61.2 Å². The van der Waals surface area contributed by atoms with Crippen LogP contribution in [0.15, 0.2) is 72.8 Å². The lowest BCUT2D eigenvalue weighted by molar-refractivity contribution is -0.140. The fourth-order valence-electron chi connectivity index (χ4n) is 4.32. The summed E-state index contributed by atoms with van der Waals surface area (Å²) in [5, 5.41) is 2.81. The molecule has 0 fully saturated rings. The minimum atomic E-state index is -4.08. The van der Waals surface area contributed by atoms with E-state index >= 15 is 0 Å². The Hall–Kier alpha value is -3.76. The molecule has 0 radical (unpaired) electrons. The van der Waals surface area contributed by atoms with Crippen molar-refractivity contribution in [2.24, 2.45) is 0 Å². The van der Waals surface area contributed by atoms with Crippen LogP contribution < -0.4 is 9.62 Å². The number of hydrogen-bond acceptors (Lipinski definition) is 4. The summed E-state index contributed by atoms with van der Waals surface area (Å²) in [5.74, 6) is -1.36. The van der Waals surface area contributed by atoms with Gasteiger partial charge in [-0.3, -0.25) is 9.59 Å². The average Bonchev–Trinajstić information content (AvgIpc) is 2.92. The van der Waals surface area contributed by atoms with Gasteiger partial charge in [0, 0.05) is 33.6 Å². The highest BCUT2D eigenvalue weighted by Gasteiger charge is 2.35. The maximum Gasteiger partial charge on any atom is 0.304 e. The van der Waals surface area contributed by atoms with Crippen molar-refractivity contribution in [3.63, 3.8) is 0 Å². The molecule has 2 amide bonds. The topological polar surface area (TPSA) is 90.0 Å². The Labute approximate surface area is 236 Å². The molecule has 0 heterocycles. The first kappa shape index (κ1) is 30.8. The van der Waals surface area contributed by atoms with Crippen LogP contribution >= 0.6 is 0 Å². The third-order valence-corrected chi connectivity index (χ3v) is 8.35. The van der Waals surface area contributed by atoms with Gasteiger partial charge < -0.3 is 10.2 Å². The van der Waals surface area contributed by atoms with Crippen molar-refractivity contribution in [2.75, 3.05) is 31.5 Å². The molecule has 3 rings (SSSR count). The summed E-state index contributed by atoms with van der Waals surface area (Å²) in [5.41, 5.74) is 3.33. The molecule has 1 N–H and O–H groups in total. The molecule has 0 spiro atoms. The molecule has 0 aliphatic carbocycles. The van der Waals surface area contributed by atoms with Crippen LogP contribution in [0.25, 0.3) is 0 Å². The summed E-state index contributed by atoms with van der Waals surface area (Å²) in [6.45, 7) is 5.21. The van der Waals surface area contributed by atoms with Gasteiger partial charge in [-0.25, -0.2) is 8.70 Å². The van der Waals surface area contributed by atoms with Gasteiger partial charge in [0.25, 0.3) is 0 Å². The highest BCUT2D eigenvalue weighted by molar-refractivity contribution is 7.90. The maximum atomic E-state index is 14.2. The molecule has 0 bridgehead atoms. The van der Waals surface area contributed by atoms with Gasteiger partial charge in [0.1, 0.15) is 18.4 Å². The lowest BCUT2D eigenvalue weighted by Gasteiger charge is -2.34. The lowest BCUT2D eigenvalue weighted by Crippen LogP contribution is -2.54. The van der Waals surface area contributed by atoms with Crippen molar-refractivity contribution >= 4 is 27.7 Å². The minimum absolute atomic E-state index is 0.0175. The van der Waals surface area contributed by atoms with Gasteiger partial charge >= 0.3 is 10.2 Å². The summed E-state index contributed by atoms with van der Waals surface area (Å²) in [7, 11) is -1.28. The molecule has 8 nitrogen and oxygen atoms in total. The second-order valence-corrected chi connectivity index (χ2v) is 11.9. The van der Waals surface area contributed by atoms with Crippen LogP contribution in [0.3, 0.4) is 0 Å². The van der Waals surface area contributed by atoms with Gasteiger partial charge in [0.05, 0.1) is 5.69 Å². The molecule has 0 saturated heterocycles. The van der Waals surface area contributed by atoms with E-state index in [2.05, 4.69) is 5.32 Å². The van der Waals surface area contributed by atoms with Crippen molar-refractivity contribution in [1.29, 1.82) is 0 Å². The monoisotopic (exact) mass is 568 g/mol. The lowest BCUT2D eigenvalue weighted by atomic mass is 10.0. The summed E-state index contributed by atoms with van der Waals surface area (Å²) in [6.07, 6.45) is 0.212. The third kappa shape index (κ3) is 7.67. The van der Waals surface area contributed by atoms with Crippen LogP contribution in [0.5, 0.6) is 0 Å². The Bertz CT molecular complexity index is 1410. The summed E-state index contributed by atoms with van der Waals surface area (Å²) < 4.78 is 42.8. The number of carbonyl (C=O) groups is 2. The zero-order chi connectivity index (χ0) is 29.4. The normalized spacial score (nSPS) is 12.2. The number of nitrogens with zero attached hydrogens (tertiary/aromatic N) is 3. The Morgan fingerprint density at radius 1 is 0.925 bits per heavy atom. The fraction of sp³-hybridized carbons (Fsp3) is 0.333. The molecular weight excluding hydrogens is 531 g/mol. The van der Waals surface area contributed by atoms with E-state index in [1.165, 1.54) is 31.1 Å². The van der Waals surface area contributed by atoms with Gasteiger partial charge in [-0.2, -0.15) is 12.7 Å². The Kier molecular flexibility index (Phi) is 10.4. The Morgan fingerprint density at radius 2 is 1.57 bits per heavy atom. The quantitative estimate of drug-likeness (QED) is 0.360. The van der Waals surface area contributed by atoms with Gasteiger partial charge in [-0.1, -0.05) is 54.6 Å². The van der Waals surface area contributed by atoms with E-state index in [4.69, 9.17) is 0 Å². The minimum Gasteiger partial charge on any atom is -0.355 e. The molecular formula is C30H37FN4O4S. The highest BCUT2D eigenvalue weighted by Crippen LogP contribution is 2.26. The number of benzene rings is 3. The zero-order valence-corrected chi connectivity index (χ0v) is 24.4. The third-order valence-electron chi connectivity index (χ3n) is 6.54. The van der Waals surface area contributed by atoms with Crippen LogP contribution in [0.4, 0.5) is 10.1 Å². The predicted octanol–water partition coefficient (Wildman–Crippen LogP) is 3.83. The molecule has 10 heteroatoms. The number of carbonyl (C=O) groups excluding carboxylic acids is 2. The molecule has 0 saturated carbocycles. The number of nitrogens with one attached hydrogen (secondary N) is 1. The number of hydrogen-bond donors (Lipinski definition) is 1.